The summed E-state index contributed by atoms with van der Waals surface area (Å²) in [4.78, 5) is 48.8. The Labute approximate surface area is 136 Å². The van der Waals surface area contributed by atoms with Crippen molar-refractivity contribution in [2.24, 2.45) is 0 Å². The molecule has 2 aromatic rings. The number of esters is 1. The number of hydrogen-bond acceptors (Lipinski definition) is 5. The number of amides is 2. The Morgan fingerprint density at radius 3 is 2.08 bits per heavy atom. The Morgan fingerprint density at radius 2 is 1.58 bits per heavy atom. The molecule has 7 heteroatoms. The predicted molar refractivity (Wildman–Crippen MR) is 82.3 cm³/mol. The Balaban J connectivity index is 2.14. The quantitative estimate of drug-likeness (QED) is 0.684. The van der Waals surface area contributed by atoms with E-state index in [-0.39, 0.29) is 27.9 Å². The number of ether oxygens (including phenoxy) is 1. The lowest BCUT2D eigenvalue weighted by Gasteiger charge is -2.17. The van der Waals surface area contributed by atoms with Gasteiger partial charge in [-0.05, 0) is 30.3 Å². The van der Waals surface area contributed by atoms with Crippen molar-refractivity contribution in [2.75, 3.05) is 12.0 Å². The summed E-state index contributed by atoms with van der Waals surface area (Å²) < 4.78 is 4.55. The van der Waals surface area contributed by atoms with Gasteiger partial charge in [-0.15, -0.1) is 0 Å². The highest BCUT2D eigenvalue weighted by atomic mass is 16.5. The first-order chi connectivity index (χ1) is 11.5. The first-order valence-electron chi connectivity index (χ1n) is 6.89. The van der Waals surface area contributed by atoms with Crippen molar-refractivity contribution in [1.29, 1.82) is 0 Å². The second-order valence-corrected chi connectivity index (χ2v) is 5.02. The number of aromatic carboxylic acids is 1. The van der Waals surface area contributed by atoms with Crippen LogP contribution in [-0.4, -0.2) is 36.0 Å². The number of anilines is 1. The molecule has 0 saturated heterocycles. The van der Waals surface area contributed by atoms with Crippen molar-refractivity contribution in [3.63, 3.8) is 0 Å². The highest BCUT2D eigenvalue weighted by Gasteiger charge is 2.38. The van der Waals surface area contributed by atoms with E-state index in [4.69, 9.17) is 0 Å². The lowest BCUT2D eigenvalue weighted by Crippen LogP contribution is -2.31. The van der Waals surface area contributed by atoms with Gasteiger partial charge in [0.2, 0.25) is 0 Å². The Hall–Kier alpha value is -3.48. The van der Waals surface area contributed by atoms with Crippen LogP contribution in [0, 0.1) is 0 Å². The second-order valence-electron chi connectivity index (χ2n) is 5.02. The van der Waals surface area contributed by atoms with E-state index < -0.39 is 23.8 Å². The first-order valence-corrected chi connectivity index (χ1v) is 6.89. The van der Waals surface area contributed by atoms with Gasteiger partial charge in [-0.2, -0.15) is 0 Å². The van der Waals surface area contributed by atoms with Crippen LogP contribution in [-0.2, 0) is 4.74 Å². The molecule has 2 aromatic carbocycles. The minimum atomic E-state index is -1.37. The van der Waals surface area contributed by atoms with Gasteiger partial charge >= 0.3 is 11.9 Å². The number of hydrogen-bond donors (Lipinski definition) is 1. The van der Waals surface area contributed by atoms with E-state index in [0.29, 0.717) is 0 Å². The topological polar surface area (TPSA) is 101 Å². The van der Waals surface area contributed by atoms with Crippen LogP contribution < -0.4 is 4.90 Å². The van der Waals surface area contributed by atoms with Crippen molar-refractivity contribution in [3.05, 3.63) is 64.7 Å². The average molecular weight is 325 g/mol. The summed E-state index contributed by atoms with van der Waals surface area (Å²) >= 11 is 0. The summed E-state index contributed by atoms with van der Waals surface area (Å²) in [7, 11) is 1.17. The van der Waals surface area contributed by atoms with Crippen molar-refractivity contribution < 1.29 is 29.0 Å². The lowest BCUT2D eigenvalue weighted by atomic mass is 10.1. The van der Waals surface area contributed by atoms with Gasteiger partial charge in [0, 0.05) is 0 Å². The molecule has 1 aliphatic heterocycles. The van der Waals surface area contributed by atoms with Crippen molar-refractivity contribution >= 4 is 29.4 Å². The standard InChI is InChI=1S/C17H11NO6/c1-24-17(23)9-6-7-13(12(8-9)16(21)22)18-14(19)10-4-2-3-5-11(10)15(18)20/h2-8H,1H3,(H,21,22). The number of rotatable bonds is 3. The van der Waals surface area contributed by atoms with E-state index in [0.717, 1.165) is 11.0 Å². The van der Waals surface area contributed by atoms with E-state index in [1.807, 2.05) is 0 Å². The molecule has 0 spiro atoms. The number of fused-ring (bicyclic) bond motifs is 1. The molecule has 0 atom stereocenters. The van der Waals surface area contributed by atoms with Gasteiger partial charge in [0.05, 0.1) is 35.1 Å². The number of carboxylic acid groups (broad SMARTS) is 1. The van der Waals surface area contributed by atoms with Crippen molar-refractivity contribution in [2.45, 2.75) is 0 Å². The zero-order chi connectivity index (χ0) is 17.4. The third-order valence-corrected chi connectivity index (χ3v) is 3.68. The fraction of sp³-hybridized carbons (Fsp3) is 0.0588. The zero-order valence-electron chi connectivity index (χ0n) is 12.5. The van der Waals surface area contributed by atoms with Gasteiger partial charge < -0.3 is 9.84 Å². The van der Waals surface area contributed by atoms with E-state index in [2.05, 4.69) is 4.74 Å². The van der Waals surface area contributed by atoms with Crippen LogP contribution in [0.3, 0.4) is 0 Å². The van der Waals surface area contributed by atoms with Crippen LogP contribution in [0.4, 0.5) is 5.69 Å². The van der Waals surface area contributed by atoms with Gasteiger partial charge in [0.25, 0.3) is 11.8 Å². The molecule has 1 aliphatic rings. The number of carboxylic acids is 1. The van der Waals surface area contributed by atoms with E-state index >= 15 is 0 Å². The molecule has 24 heavy (non-hydrogen) atoms. The normalized spacial score (nSPS) is 13.0. The monoisotopic (exact) mass is 325 g/mol. The minimum absolute atomic E-state index is 0.00950. The average Bonchev–Trinajstić information content (AvgIpc) is 2.85. The number of carbonyl (C=O) groups excluding carboxylic acids is 3. The highest BCUT2D eigenvalue weighted by molar-refractivity contribution is 6.35. The third kappa shape index (κ3) is 2.23. The highest BCUT2D eigenvalue weighted by Crippen LogP contribution is 2.31. The molecule has 1 N–H and O–H groups in total. The molecule has 7 nitrogen and oxygen atoms in total. The van der Waals surface area contributed by atoms with Crippen LogP contribution in [0.2, 0.25) is 0 Å². The molecular formula is C17H11NO6. The molecule has 0 unspecified atom stereocenters. The fourth-order valence-electron chi connectivity index (χ4n) is 2.56. The van der Waals surface area contributed by atoms with Crippen LogP contribution in [0.25, 0.3) is 0 Å². The van der Waals surface area contributed by atoms with E-state index in [1.165, 1.54) is 31.4 Å². The van der Waals surface area contributed by atoms with Gasteiger partial charge in [-0.1, -0.05) is 12.1 Å². The molecule has 0 aromatic heterocycles. The zero-order valence-corrected chi connectivity index (χ0v) is 12.5. The molecule has 0 bridgehead atoms. The molecule has 3 rings (SSSR count). The fourth-order valence-corrected chi connectivity index (χ4v) is 2.56. The van der Waals surface area contributed by atoms with Crippen molar-refractivity contribution in [1.82, 2.24) is 0 Å². The summed E-state index contributed by atoms with van der Waals surface area (Å²) in [5.74, 6) is -3.30. The maximum absolute atomic E-state index is 12.5. The minimum Gasteiger partial charge on any atom is -0.478 e. The molecule has 120 valence electrons. The van der Waals surface area contributed by atoms with Crippen LogP contribution >= 0.6 is 0 Å². The molecule has 1 heterocycles. The maximum atomic E-state index is 12.5. The van der Waals surface area contributed by atoms with Crippen LogP contribution in [0.1, 0.15) is 41.4 Å². The summed E-state index contributed by atoms with van der Waals surface area (Å²) in [6.07, 6.45) is 0. The molecule has 0 saturated carbocycles. The first kappa shape index (κ1) is 15.4. The van der Waals surface area contributed by atoms with Crippen molar-refractivity contribution in [3.8, 4) is 0 Å². The lowest BCUT2D eigenvalue weighted by molar-refractivity contribution is 0.0600. The maximum Gasteiger partial charge on any atom is 0.337 e. The van der Waals surface area contributed by atoms with E-state index in [1.54, 1.807) is 12.1 Å². The van der Waals surface area contributed by atoms with Crippen LogP contribution in [0.5, 0.6) is 0 Å². The smallest absolute Gasteiger partial charge is 0.337 e. The Kier molecular flexibility index (Phi) is 3.61. The van der Waals surface area contributed by atoms with Crippen LogP contribution in [0.15, 0.2) is 42.5 Å². The number of nitrogens with zero attached hydrogens (tertiary/aromatic N) is 1. The SMILES string of the molecule is COC(=O)c1ccc(N2C(=O)c3ccccc3C2=O)c(C(=O)O)c1. The Morgan fingerprint density at radius 1 is 1.00 bits per heavy atom. The molecular weight excluding hydrogens is 314 g/mol. The second kappa shape index (κ2) is 5.62. The molecule has 0 radical (unpaired) electrons. The number of imide groups is 1. The molecule has 0 aliphatic carbocycles. The largest absolute Gasteiger partial charge is 0.478 e. The van der Waals surface area contributed by atoms with Gasteiger partial charge in [-0.25, -0.2) is 14.5 Å². The predicted octanol–water partition coefficient (Wildman–Crippen LogP) is 1.97. The van der Waals surface area contributed by atoms with Gasteiger partial charge in [-0.3, -0.25) is 9.59 Å². The van der Waals surface area contributed by atoms with Gasteiger partial charge in [0.15, 0.2) is 0 Å². The summed E-state index contributed by atoms with van der Waals surface area (Å²) in [6, 6.07) is 9.86. The van der Waals surface area contributed by atoms with E-state index in [9.17, 15) is 24.3 Å². The summed E-state index contributed by atoms with van der Waals surface area (Å²) in [5, 5.41) is 9.39. The summed E-state index contributed by atoms with van der Waals surface area (Å²) in [5.41, 5.74) is -0.0178. The number of benzene rings is 2. The van der Waals surface area contributed by atoms with Gasteiger partial charge in [0.1, 0.15) is 0 Å². The summed E-state index contributed by atoms with van der Waals surface area (Å²) in [6.45, 7) is 0. The molecule has 2 amide bonds. The third-order valence-electron chi connectivity index (χ3n) is 3.68. The number of methoxy groups -OCH3 is 1. The Bertz CT molecular complexity index is 867. The molecule has 0 fully saturated rings. The number of carbonyl (C=O) groups is 4.